The van der Waals surface area contributed by atoms with Crippen LogP contribution in [0.3, 0.4) is 0 Å². The fraction of sp³-hybridized carbons (Fsp3) is 0.364. The van der Waals surface area contributed by atoms with Gasteiger partial charge in [-0.3, -0.25) is 4.68 Å². The van der Waals surface area contributed by atoms with Gasteiger partial charge in [0.2, 0.25) is 5.95 Å². The van der Waals surface area contributed by atoms with Crippen molar-refractivity contribution in [2.45, 2.75) is 18.9 Å². The standard InChI is InChI=1S/C22H25N11O2S/c1-31(2)36(34,35)30-22-25-9-5-19(29-22)32-10-6-15(12-32)18(3-7-23)33-13-16(11-28-33)20-17-4-8-24-21(17)27-14-26-20/h4-5,8-9,11,13-15,18H,3,6,10,12H2,1-2H3,(H,24,26,27)(H,25,29,30). The molecule has 2 unspecified atom stereocenters. The Labute approximate surface area is 208 Å². The lowest BCUT2D eigenvalue weighted by Crippen LogP contribution is -2.30. The lowest BCUT2D eigenvalue weighted by molar-refractivity contribution is 0.332. The van der Waals surface area contributed by atoms with Crippen LogP contribution < -0.4 is 9.62 Å². The van der Waals surface area contributed by atoms with Crippen molar-refractivity contribution in [3.05, 3.63) is 43.2 Å². The van der Waals surface area contributed by atoms with Gasteiger partial charge in [0.25, 0.3) is 0 Å². The monoisotopic (exact) mass is 507 g/mol. The van der Waals surface area contributed by atoms with Crippen LogP contribution >= 0.6 is 0 Å². The highest BCUT2D eigenvalue weighted by molar-refractivity contribution is 7.90. The normalized spacial score (nSPS) is 16.9. The smallest absolute Gasteiger partial charge is 0.303 e. The van der Waals surface area contributed by atoms with Gasteiger partial charge in [-0.05, 0) is 18.6 Å². The molecule has 0 spiro atoms. The number of anilines is 2. The van der Waals surface area contributed by atoms with Crippen molar-refractivity contribution in [2.24, 2.45) is 5.92 Å². The summed E-state index contributed by atoms with van der Waals surface area (Å²) in [6.45, 7) is 1.36. The van der Waals surface area contributed by atoms with E-state index in [1.54, 1.807) is 12.3 Å². The Morgan fingerprint density at radius 2 is 2.17 bits per heavy atom. The van der Waals surface area contributed by atoms with Crippen molar-refractivity contribution in [1.82, 2.24) is 39.0 Å². The Balaban J connectivity index is 1.35. The van der Waals surface area contributed by atoms with Gasteiger partial charge in [0.05, 0.1) is 30.4 Å². The quantitative estimate of drug-likeness (QED) is 0.362. The number of fused-ring (bicyclic) bond motifs is 1. The zero-order chi connectivity index (χ0) is 25.3. The lowest BCUT2D eigenvalue weighted by Gasteiger charge is -2.23. The summed E-state index contributed by atoms with van der Waals surface area (Å²) in [5, 5.41) is 15.0. The lowest BCUT2D eigenvalue weighted by atomic mass is 9.96. The van der Waals surface area contributed by atoms with E-state index < -0.39 is 10.2 Å². The highest BCUT2D eigenvalue weighted by Crippen LogP contribution is 2.34. The molecule has 1 fully saturated rings. The molecule has 186 valence electrons. The molecular formula is C22H25N11O2S. The molecule has 0 aliphatic carbocycles. The fourth-order valence-electron chi connectivity index (χ4n) is 4.40. The molecule has 4 aromatic heterocycles. The highest BCUT2D eigenvalue weighted by Gasteiger charge is 2.32. The Morgan fingerprint density at radius 1 is 1.31 bits per heavy atom. The summed E-state index contributed by atoms with van der Waals surface area (Å²) in [6, 6.07) is 5.84. The van der Waals surface area contributed by atoms with Crippen molar-refractivity contribution in [2.75, 3.05) is 36.8 Å². The summed E-state index contributed by atoms with van der Waals surface area (Å²) in [4.78, 5) is 22.3. The van der Waals surface area contributed by atoms with Gasteiger partial charge >= 0.3 is 10.2 Å². The van der Waals surface area contributed by atoms with Crippen molar-refractivity contribution >= 4 is 33.0 Å². The Morgan fingerprint density at radius 3 is 2.97 bits per heavy atom. The Bertz CT molecular complexity index is 1520. The van der Waals surface area contributed by atoms with Gasteiger partial charge in [0, 0.05) is 62.6 Å². The van der Waals surface area contributed by atoms with Crippen LogP contribution in [0.2, 0.25) is 0 Å². The van der Waals surface area contributed by atoms with Crippen molar-refractivity contribution in [3.63, 3.8) is 0 Å². The topological polar surface area (TPSA) is 162 Å². The van der Waals surface area contributed by atoms with E-state index in [9.17, 15) is 13.7 Å². The van der Waals surface area contributed by atoms with E-state index in [0.29, 0.717) is 25.3 Å². The minimum absolute atomic E-state index is 0.0101. The predicted octanol–water partition coefficient (Wildman–Crippen LogP) is 1.81. The van der Waals surface area contributed by atoms with Crippen LogP contribution in [0.15, 0.2) is 43.2 Å². The molecule has 0 amide bonds. The number of nitriles is 1. The summed E-state index contributed by atoms with van der Waals surface area (Å²) < 4.78 is 29.5. The second-order valence-corrected chi connectivity index (χ2v) is 10.6. The van der Waals surface area contributed by atoms with Crippen LogP contribution in [0.25, 0.3) is 22.3 Å². The summed E-state index contributed by atoms with van der Waals surface area (Å²) in [6.07, 6.45) is 9.70. The maximum atomic E-state index is 12.1. The zero-order valence-electron chi connectivity index (χ0n) is 19.8. The van der Waals surface area contributed by atoms with E-state index in [2.05, 4.69) is 45.7 Å². The fourth-order valence-corrected chi connectivity index (χ4v) is 4.92. The van der Waals surface area contributed by atoms with Crippen LogP contribution in [-0.4, -0.2) is 74.6 Å². The van der Waals surface area contributed by atoms with E-state index >= 15 is 0 Å². The number of rotatable bonds is 8. The minimum Gasteiger partial charge on any atom is -0.356 e. The average Bonchev–Trinajstić information content (AvgIpc) is 3.63. The number of nitrogens with zero attached hydrogens (tertiary/aromatic N) is 9. The van der Waals surface area contributed by atoms with Crippen LogP contribution in [0, 0.1) is 17.2 Å². The molecule has 1 aliphatic rings. The van der Waals surface area contributed by atoms with Crippen LogP contribution in [0.5, 0.6) is 0 Å². The van der Waals surface area contributed by atoms with E-state index in [-0.39, 0.29) is 17.9 Å². The molecule has 13 nitrogen and oxygen atoms in total. The van der Waals surface area contributed by atoms with Gasteiger partial charge in [-0.15, -0.1) is 0 Å². The Kier molecular flexibility index (Phi) is 6.25. The molecule has 36 heavy (non-hydrogen) atoms. The van der Waals surface area contributed by atoms with E-state index in [1.807, 2.05) is 23.1 Å². The third-order valence-corrected chi connectivity index (χ3v) is 7.71. The van der Waals surface area contributed by atoms with Crippen molar-refractivity contribution < 1.29 is 8.42 Å². The molecule has 5 rings (SSSR count). The molecule has 0 saturated carbocycles. The largest absolute Gasteiger partial charge is 0.356 e. The molecule has 0 radical (unpaired) electrons. The SMILES string of the molecule is CN(C)S(=O)(=O)Nc1nccc(N2CCC(C(CC#N)n3cc(-c4ncnc5[nH]ccc45)cn3)C2)n1. The molecule has 5 heterocycles. The van der Waals surface area contributed by atoms with Gasteiger partial charge in [-0.2, -0.15) is 28.1 Å². The third kappa shape index (κ3) is 4.58. The summed E-state index contributed by atoms with van der Waals surface area (Å²) in [7, 11) is -0.850. The molecule has 1 aliphatic heterocycles. The summed E-state index contributed by atoms with van der Waals surface area (Å²) in [5.41, 5.74) is 2.39. The van der Waals surface area contributed by atoms with Gasteiger partial charge in [-0.1, -0.05) is 0 Å². The molecule has 4 aromatic rings. The second kappa shape index (κ2) is 9.51. The molecule has 0 bridgehead atoms. The third-order valence-electron chi connectivity index (χ3n) is 6.30. The van der Waals surface area contributed by atoms with Gasteiger partial charge in [0.15, 0.2) is 0 Å². The number of H-pyrrole nitrogens is 1. The van der Waals surface area contributed by atoms with E-state index in [1.165, 1.54) is 26.6 Å². The second-order valence-electron chi connectivity index (χ2n) is 8.72. The van der Waals surface area contributed by atoms with Crippen molar-refractivity contribution in [3.8, 4) is 17.3 Å². The number of hydrogen-bond acceptors (Lipinski definition) is 9. The first kappa shape index (κ1) is 23.6. The number of aromatic amines is 1. The molecule has 2 N–H and O–H groups in total. The molecular weight excluding hydrogens is 482 g/mol. The zero-order valence-corrected chi connectivity index (χ0v) is 20.6. The van der Waals surface area contributed by atoms with Gasteiger partial charge in [-0.25, -0.2) is 19.7 Å². The van der Waals surface area contributed by atoms with Crippen LogP contribution in [-0.2, 0) is 10.2 Å². The van der Waals surface area contributed by atoms with Gasteiger partial charge < -0.3 is 9.88 Å². The summed E-state index contributed by atoms with van der Waals surface area (Å²) >= 11 is 0. The maximum Gasteiger partial charge on any atom is 0.303 e. The number of nitrogens with one attached hydrogen (secondary N) is 2. The number of aromatic nitrogens is 7. The van der Waals surface area contributed by atoms with Crippen molar-refractivity contribution in [1.29, 1.82) is 5.26 Å². The highest BCUT2D eigenvalue weighted by atomic mass is 32.2. The van der Waals surface area contributed by atoms with E-state index in [0.717, 1.165) is 33.0 Å². The number of hydrogen-bond donors (Lipinski definition) is 2. The van der Waals surface area contributed by atoms with Crippen LogP contribution in [0.4, 0.5) is 11.8 Å². The van der Waals surface area contributed by atoms with E-state index in [4.69, 9.17) is 0 Å². The van der Waals surface area contributed by atoms with Crippen LogP contribution in [0.1, 0.15) is 18.9 Å². The molecule has 1 saturated heterocycles. The first-order valence-corrected chi connectivity index (χ1v) is 12.8. The minimum atomic E-state index is -3.71. The Hall–Kier alpha value is -4.09. The summed E-state index contributed by atoms with van der Waals surface area (Å²) in [5.74, 6) is 0.777. The van der Waals surface area contributed by atoms with Gasteiger partial charge in [0.1, 0.15) is 17.8 Å². The molecule has 14 heteroatoms. The first-order valence-electron chi connectivity index (χ1n) is 11.3. The average molecular weight is 508 g/mol. The first-order chi connectivity index (χ1) is 17.4. The molecule has 2 atom stereocenters. The molecule has 0 aromatic carbocycles. The maximum absolute atomic E-state index is 12.1. The predicted molar refractivity (Wildman–Crippen MR) is 133 cm³/mol.